The highest BCUT2D eigenvalue weighted by Crippen LogP contribution is 2.33. The van der Waals surface area contributed by atoms with E-state index in [1.54, 1.807) is 57.4 Å². The number of aromatic hydroxyl groups is 1. The molecule has 2 aromatic carbocycles. The Morgan fingerprint density at radius 3 is 2.58 bits per heavy atom. The lowest BCUT2D eigenvalue weighted by Gasteiger charge is -2.24. The van der Waals surface area contributed by atoms with Crippen LogP contribution in [0.4, 0.5) is 0 Å². The van der Waals surface area contributed by atoms with E-state index < -0.39 is 12.0 Å². The van der Waals surface area contributed by atoms with Crippen LogP contribution < -0.4 is 24.4 Å². The normalized spacial score (nSPS) is 15.1. The lowest BCUT2D eigenvalue weighted by Crippen LogP contribution is -2.39. The highest BCUT2D eigenvalue weighted by atomic mass is 32.1. The number of carbonyl (C=O) groups excluding carboxylic acids is 1. The summed E-state index contributed by atoms with van der Waals surface area (Å²) in [6.45, 7) is 9.65. The number of phenolic OH excluding ortho intramolecular Hbond substituents is 1. The first-order valence-electron chi connectivity index (χ1n) is 12.3. The summed E-state index contributed by atoms with van der Waals surface area (Å²) in [5.74, 6) is 0.534. The molecule has 9 heteroatoms. The van der Waals surface area contributed by atoms with Gasteiger partial charge in [-0.25, -0.2) is 9.79 Å². The Morgan fingerprint density at radius 2 is 1.95 bits per heavy atom. The molecule has 1 aromatic heterocycles. The van der Waals surface area contributed by atoms with Crippen LogP contribution in [0.2, 0.25) is 0 Å². The molecule has 1 aliphatic rings. The highest BCUT2D eigenvalue weighted by molar-refractivity contribution is 7.07. The molecular weight excluding hydrogens is 504 g/mol. The van der Waals surface area contributed by atoms with Crippen molar-refractivity contribution in [2.75, 3.05) is 20.3 Å². The molecule has 1 atom stereocenters. The van der Waals surface area contributed by atoms with E-state index in [0.29, 0.717) is 56.3 Å². The van der Waals surface area contributed by atoms with Gasteiger partial charge in [0.15, 0.2) is 16.3 Å². The van der Waals surface area contributed by atoms with Crippen LogP contribution in [0.1, 0.15) is 43.5 Å². The van der Waals surface area contributed by atoms with E-state index >= 15 is 0 Å². The molecule has 1 aliphatic heterocycles. The number of methoxy groups -OCH3 is 1. The number of esters is 1. The molecule has 38 heavy (non-hydrogen) atoms. The number of phenols is 1. The summed E-state index contributed by atoms with van der Waals surface area (Å²) in [5, 5.41) is 10.6. The maximum atomic E-state index is 13.8. The SMILES string of the molecule is C=CCc1cc(/C=c2/sc3n(c2=O)C(c2ccc(OC)cc2)C(C(=O)OCC)=C(C)N=3)cc(OCC)c1O. The summed E-state index contributed by atoms with van der Waals surface area (Å²) in [6.07, 6.45) is 3.87. The number of thiazole rings is 1. The van der Waals surface area contributed by atoms with E-state index in [4.69, 9.17) is 14.2 Å². The van der Waals surface area contributed by atoms with Gasteiger partial charge in [0.1, 0.15) is 5.75 Å². The van der Waals surface area contributed by atoms with Crippen molar-refractivity contribution in [2.24, 2.45) is 4.99 Å². The minimum absolute atomic E-state index is 0.0552. The molecule has 1 unspecified atom stereocenters. The number of allylic oxidation sites excluding steroid dienone is 2. The number of aromatic nitrogens is 1. The van der Waals surface area contributed by atoms with Crippen molar-refractivity contribution in [3.05, 3.63) is 96.7 Å². The molecule has 0 fully saturated rings. The van der Waals surface area contributed by atoms with Crippen molar-refractivity contribution in [3.8, 4) is 17.2 Å². The van der Waals surface area contributed by atoms with Crippen LogP contribution >= 0.6 is 11.3 Å². The first-order chi connectivity index (χ1) is 18.3. The van der Waals surface area contributed by atoms with Crippen LogP contribution in [0.25, 0.3) is 6.08 Å². The summed E-state index contributed by atoms with van der Waals surface area (Å²) in [7, 11) is 1.58. The van der Waals surface area contributed by atoms with Crippen molar-refractivity contribution < 1.29 is 24.1 Å². The number of ether oxygens (including phenoxy) is 3. The summed E-state index contributed by atoms with van der Waals surface area (Å²) in [4.78, 5) is 31.9. The molecule has 198 valence electrons. The molecule has 8 nitrogen and oxygen atoms in total. The molecule has 0 saturated carbocycles. The summed E-state index contributed by atoms with van der Waals surface area (Å²) in [5.41, 5.74) is 2.57. The van der Waals surface area contributed by atoms with Crippen molar-refractivity contribution in [2.45, 2.75) is 33.2 Å². The molecule has 2 heterocycles. The van der Waals surface area contributed by atoms with Gasteiger partial charge >= 0.3 is 5.97 Å². The number of benzene rings is 2. The van der Waals surface area contributed by atoms with Gasteiger partial charge in [0.05, 0.1) is 42.2 Å². The van der Waals surface area contributed by atoms with E-state index in [0.717, 1.165) is 5.56 Å². The van der Waals surface area contributed by atoms with Gasteiger partial charge in [0, 0.05) is 5.56 Å². The Kier molecular flexibility index (Phi) is 8.16. The Hall–Kier alpha value is -4.11. The van der Waals surface area contributed by atoms with E-state index in [-0.39, 0.29) is 17.9 Å². The number of hydrogen-bond acceptors (Lipinski definition) is 8. The molecule has 0 saturated heterocycles. The van der Waals surface area contributed by atoms with Crippen LogP contribution in [-0.2, 0) is 16.0 Å². The monoisotopic (exact) mass is 534 g/mol. The third kappa shape index (κ3) is 5.15. The maximum Gasteiger partial charge on any atom is 0.338 e. The van der Waals surface area contributed by atoms with E-state index in [2.05, 4.69) is 11.6 Å². The Morgan fingerprint density at radius 1 is 1.21 bits per heavy atom. The Balaban J connectivity index is 1.93. The number of hydrogen-bond donors (Lipinski definition) is 1. The number of rotatable bonds is 9. The van der Waals surface area contributed by atoms with Crippen LogP contribution in [-0.4, -0.2) is 36.0 Å². The minimum Gasteiger partial charge on any atom is -0.504 e. The molecule has 4 rings (SSSR count). The summed E-state index contributed by atoms with van der Waals surface area (Å²) >= 11 is 1.23. The first-order valence-corrected chi connectivity index (χ1v) is 13.1. The third-order valence-corrected chi connectivity index (χ3v) is 7.07. The van der Waals surface area contributed by atoms with E-state index in [9.17, 15) is 14.7 Å². The molecule has 0 radical (unpaired) electrons. The summed E-state index contributed by atoms with van der Waals surface area (Å²) < 4.78 is 18.2. The average molecular weight is 535 g/mol. The Bertz CT molecular complexity index is 1580. The van der Waals surface area contributed by atoms with Gasteiger partial charge < -0.3 is 19.3 Å². The predicted octanol–water partition coefficient (Wildman–Crippen LogP) is 3.64. The molecule has 0 aliphatic carbocycles. The molecule has 3 aromatic rings. The zero-order chi connectivity index (χ0) is 27.4. The highest BCUT2D eigenvalue weighted by Gasteiger charge is 2.33. The van der Waals surface area contributed by atoms with Gasteiger partial charge in [-0.1, -0.05) is 29.5 Å². The van der Waals surface area contributed by atoms with Crippen molar-refractivity contribution in [3.63, 3.8) is 0 Å². The van der Waals surface area contributed by atoms with E-state index in [1.807, 2.05) is 19.1 Å². The molecule has 1 N–H and O–H groups in total. The van der Waals surface area contributed by atoms with Crippen LogP contribution in [0.5, 0.6) is 17.2 Å². The van der Waals surface area contributed by atoms with Crippen molar-refractivity contribution in [1.82, 2.24) is 4.57 Å². The van der Waals surface area contributed by atoms with E-state index in [1.165, 1.54) is 15.9 Å². The fourth-order valence-electron chi connectivity index (χ4n) is 4.39. The lowest BCUT2D eigenvalue weighted by atomic mass is 9.96. The summed E-state index contributed by atoms with van der Waals surface area (Å²) in [6, 6.07) is 10.0. The first kappa shape index (κ1) is 26.9. The zero-order valence-electron chi connectivity index (χ0n) is 21.8. The van der Waals surface area contributed by atoms with Crippen LogP contribution in [0.3, 0.4) is 0 Å². The largest absolute Gasteiger partial charge is 0.504 e. The fraction of sp³-hybridized carbons (Fsp3) is 0.276. The number of carbonyl (C=O) groups is 1. The molecule has 0 bridgehead atoms. The smallest absolute Gasteiger partial charge is 0.338 e. The fourth-order valence-corrected chi connectivity index (χ4v) is 5.44. The van der Waals surface area contributed by atoms with Crippen molar-refractivity contribution in [1.29, 1.82) is 0 Å². The second kappa shape index (κ2) is 11.5. The minimum atomic E-state index is -0.714. The molecular formula is C29H30N2O6S. The van der Waals surface area contributed by atoms with Crippen LogP contribution in [0.15, 0.2) is 70.1 Å². The van der Waals surface area contributed by atoms with Gasteiger partial charge in [0.2, 0.25) is 0 Å². The number of fused-ring (bicyclic) bond motifs is 1. The van der Waals surface area contributed by atoms with Gasteiger partial charge in [-0.3, -0.25) is 9.36 Å². The van der Waals surface area contributed by atoms with Gasteiger partial charge in [-0.2, -0.15) is 0 Å². The van der Waals surface area contributed by atoms with Gasteiger partial charge in [0.25, 0.3) is 5.56 Å². The zero-order valence-corrected chi connectivity index (χ0v) is 22.6. The van der Waals surface area contributed by atoms with Crippen LogP contribution in [0, 0.1) is 0 Å². The standard InChI is InChI=1S/C29H30N2O6S/c1-6-9-20-14-18(15-22(26(20)32)36-7-2)16-23-27(33)31-25(19-10-12-21(35-5)13-11-19)24(28(34)37-8-3)17(4)30-29(31)38-23/h6,10-16,25,32H,1,7-9H2,2-5H3/b23-16+. The predicted molar refractivity (Wildman–Crippen MR) is 147 cm³/mol. The van der Waals surface area contributed by atoms with Crippen molar-refractivity contribution >= 4 is 23.4 Å². The quantitative estimate of drug-likeness (QED) is 0.333. The molecule has 0 amide bonds. The second-order valence-electron chi connectivity index (χ2n) is 8.53. The third-order valence-electron chi connectivity index (χ3n) is 6.09. The second-order valence-corrected chi connectivity index (χ2v) is 9.54. The lowest BCUT2D eigenvalue weighted by molar-refractivity contribution is -0.139. The maximum absolute atomic E-state index is 13.8. The van der Waals surface area contributed by atoms with Gasteiger partial charge in [-0.15, -0.1) is 6.58 Å². The molecule has 0 spiro atoms. The Labute approximate surface area is 224 Å². The number of nitrogens with zero attached hydrogens (tertiary/aromatic N) is 2. The van der Waals surface area contributed by atoms with Gasteiger partial charge in [-0.05, 0) is 68.7 Å². The average Bonchev–Trinajstić information content (AvgIpc) is 3.20. The topological polar surface area (TPSA) is 99.4 Å².